The number of rotatable bonds is 4. The van der Waals surface area contributed by atoms with Gasteiger partial charge in [-0.1, -0.05) is 35.3 Å². The van der Waals surface area contributed by atoms with E-state index in [1.54, 1.807) is 12.1 Å². The van der Waals surface area contributed by atoms with Crippen molar-refractivity contribution >= 4 is 47.0 Å². The van der Waals surface area contributed by atoms with Crippen LogP contribution in [0.3, 0.4) is 0 Å². The summed E-state index contributed by atoms with van der Waals surface area (Å²) in [4.78, 5) is 57.4. The van der Waals surface area contributed by atoms with Crippen LogP contribution in [0.15, 0.2) is 53.8 Å². The zero-order valence-electron chi connectivity index (χ0n) is 22.3. The van der Waals surface area contributed by atoms with Gasteiger partial charge in [-0.3, -0.25) is 19.3 Å². The molecule has 2 atom stereocenters. The summed E-state index contributed by atoms with van der Waals surface area (Å²) >= 11 is 12.4. The molecule has 2 aromatic carbocycles. The summed E-state index contributed by atoms with van der Waals surface area (Å²) in [7, 11) is 1.91. The molecule has 0 aliphatic carbocycles. The Bertz CT molecular complexity index is 1530. The summed E-state index contributed by atoms with van der Waals surface area (Å²) in [6.07, 6.45) is -1.14. The van der Waals surface area contributed by atoms with Crippen LogP contribution >= 0.6 is 23.2 Å². The average molecular weight is 619 g/mol. The fourth-order valence-corrected chi connectivity index (χ4v) is 6.74. The first-order chi connectivity index (χ1) is 19.8. The molecule has 0 aromatic heterocycles. The molecule has 6 rings (SSSR count). The van der Waals surface area contributed by atoms with Crippen molar-refractivity contribution in [3.63, 3.8) is 0 Å². The molecule has 0 radical (unpaired) electrons. The van der Waals surface area contributed by atoms with Crippen molar-refractivity contribution in [1.29, 1.82) is 0 Å². The van der Waals surface area contributed by atoms with E-state index in [1.165, 1.54) is 30.3 Å². The van der Waals surface area contributed by atoms with Crippen molar-refractivity contribution < 1.29 is 42.9 Å². The maximum Gasteiger partial charge on any atom is 0.409 e. The summed E-state index contributed by atoms with van der Waals surface area (Å²) in [6, 6.07) is 10.1. The first-order valence-electron chi connectivity index (χ1n) is 13.2. The first-order valence-corrected chi connectivity index (χ1v) is 14.0. The van der Waals surface area contributed by atoms with Gasteiger partial charge in [-0.15, -0.1) is 0 Å². The van der Waals surface area contributed by atoms with Gasteiger partial charge in [0.15, 0.2) is 5.60 Å². The summed E-state index contributed by atoms with van der Waals surface area (Å²) in [5.41, 5.74) is -2.87. The Morgan fingerprint density at radius 2 is 1.55 bits per heavy atom. The van der Waals surface area contributed by atoms with E-state index in [9.17, 15) is 28.7 Å². The monoisotopic (exact) mass is 618 g/mol. The van der Waals surface area contributed by atoms with Gasteiger partial charge in [0.05, 0.1) is 25.0 Å². The predicted octanol–water partition coefficient (Wildman–Crippen LogP) is 3.21. The van der Waals surface area contributed by atoms with Crippen LogP contribution in [0.5, 0.6) is 0 Å². The van der Waals surface area contributed by atoms with Crippen LogP contribution in [0.1, 0.15) is 36.8 Å². The Hall–Kier alpha value is -3.51. The molecule has 3 saturated heterocycles. The Kier molecular flexibility index (Phi) is 6.84. The molecule has 1 amide bonds. The molecule has 1 N–H and O–H groups in total. The number of halogens is 3. The molecule has 1 spiro atoms. The van der Waals surface area contributed by atoms with E-state index in [2.05, 4.69) is 0 Å². The van der Waals surface area contributed by atoms with E-state index in [0.29, 0.717) is 37.1 Å². The summed E-state index contributed by atoms with van der Waals surface area (Å²) in [5.74, 6) is -7.87. The molecule has 4 aliphatic heterocycles. The lowest BCUT2D eigenvalue weighted by molar-refractivity contribution is -0.272. The SMILES string of the molecule is CN1CCC(C2=C3OC(=O)CC4(O)CC(=O)OC3(OC4=O)N(Cc3cc(Cl)cc(Cl)c3)C2=O)(c2ccc(F)cc2)CC1. The van der Waals surface area contributed by atoms with Gasteiger partial charge in [0, 0.05) is 15.5 Å². The number of carbonyl (C=O) groups excluding carboxylic acids is 4. The first kappa shape index (κ1) is 28.6. The van der Waals surface area contributed by atoms with Gasteiger partial charge >= 0.3 is 23.8 Å². The van der Waals surface area contributed by atoms with Gasteiger partial charge in [0.25, 0.3) is 5.91 Å². The topological polar surface area (TPSA) is 123 Å². The van der Waals surface area contributed by atoms with Crippen LogP contribution in [0.25, 0.3) is 0 Å². The standard InChI is InChI=1S/C29H25Cl2FN2O8/c1-33-8-6-27(7-9-33,17-2-4-20(32)5-3-17)23-24-29(34(25(23)37)15-16-10-18(30)12-19(31)11-16)41-22(36)14-28(39,26(38)42-29)13-21(35)40-24/h2-5,10-12,39H,6-9,13-15H2,1H3. The largest absolute Gasteiger partial charge is 0.420 e. The normalized spacial score (nSPS) is 27.6. The third-order valence-corrected chi connectivity index (χ3v) is 8.70. The highest BCUT2D eigenvalue weighted by molar-refractivity contribution is 6.34. The number of esters is 3. The van der Waals surface area contributed by atoms with Gasteiger partial charge in [0.1, 0.15) is 5.82 Å². The molecule has 2 bridgehead atoms. The van der Waals surface area contributed by atoms with Crippen molar-refractivity contribution in [2.75, 3.05) is 20.1 Å². The van der Waals surface area contributed by atoms with E-state index >= 15 is 0 Å². The van der Waals surface area contributed by atoms with Gasteiger partial charge in [-0.05, 0) is 74.4 Å². The minimum atomic E-state index is -2.66. The molecule has 13 heteroatoms. The molecule has 4 aliphatic rings. The lowest BCUT2D eigenvalue weighted by Crippen LogP contribution is -2.56. The zero-order valence-corrected chi connectivity index (χ0v) is 23.8. The van der Waals surface area contributed by atoms with Crippen LogP contribution in [-0.4, -0.2) is 70.4 Å². The van der Waals surface area contributed by atoms with Gasteiger partial charge < -0.3 is 24.2 Å². The number of hydrogen-bond donors (Lipinski definition) is 1. The quantitative estimate of drug-likeness (QED) is 0.515. The molecule has 42 heavy (non-hydrogen) atoms. The molecular weight excluding hydrogens is 594 g/mol. The Labute approximate surface area is 249 Å². The third kappa shape index (κ3) is 4.55. The highest BCUT2D eigenvalue weighted by atomic mass is 35.5. The minimum Gasteiger partial charge on any atom is -0.420 e. The molecule has 2 unspecified atom stereocenters. The Balaban J connectivity index is 1.62. The highest BCUT2D eigenvalue weighted by Crippen LogP contribution is 2.53. The van der Waals surface area contributed by atoms with E-state index < -0.39 is 65.2 Å². The third-order valence-electron chi connectivity index (χ3n) is 8.26. The molecule has 2 aromatic rings. The van der Waals surface area contributed by atoms with E-state index in [0.717, 1.165) is 4.90 Å². The second-order valence-electron chi connectivity index (χ2n) is 11.1. The smallest absolute Gasteiger partial charge is 0.409 e. The van der Waals surface area contributed by atoms with E-state index in [4.69, 9.17) is 37.4 Å². The number of benzene rings is 2. The summed E-state index contributed by atoms with van der Waals surface area (Å²) in [5, 5.41) is 11.5. The number of fused-ring (bicyclic) bond motifs is 2. The lowest BCUT2D eigenvalue weighted by atomic mass is 9.67. The van der Waals surface area contributed by atoms with Crippen LogP contribution < -0.4 is 0 Å². The minimum absolute atomic E-state index is 0.0726. The molecule has 4 heterocycles. The number of likely N-dealkylation sites (tertiary alicyclic amines) is 1. The van der Waals surface area contributed by atoms with Gasteiger partial charge in [-0.2, -0.15) is 0 Å². The number of ether oxygens (including phenoxy) is 3. The molecule has 3 fully saturated rings. The highest BCUT2D eigenvalue weighted by Gasteiger charge is 2.69. The number of piperidine rings is 1. The Morgan fingerprint density at radius 1 is 0.929 bits per heavy atom. The van der Waals surface area contributed by atoms with E-state index in [-0.39, 0.29) is 22.2 Å². The van der Waals surface area contributed by atoms with Crippen molar-refractivity contribution in [1.82, 2.24) is 9.80 Å². The summed E-state index contributed by atoms with van der Waals surface area (Å²) in [6.45, 7) is 0.666. The fourth-order valence-electron chi connectivity index (χ4n) is 6.17. The number of amides is 1. The van der Waals surface area contributed by atoms with Crippen molar-refractivity contribution in [2.45, 2.75) is 49.2 Å². The Morgan fingerprint density at radius 3 is 2.19 bits per heavy atom. The van der Waals surface area contributed by atoms with Crippen molar-refractivity contribution in [3.05, 3.63) is 80.8 Å². The molecular formula is C29H25Cl2FN2O8. The van der Waals surface area contributed by atoms with Crippen molar-refractivity contribution in [2.24, 2.45) is 0 Å². The number of carbonyl (C=O) groups is 4. The van der Waals surface area contributed by atoms with Crippen LogP contribution in [-0.2, 0) is 45.3 Å². The van der Waals surface area contributed by atoms with Gasteiger partial charge in [-0.25, -0.2) is 9.18 Å². The molecule has 0 saturated carbocycles. The molecule has 10 nitrogen and oxygen atoms in total. The zero-order chi connectivity index (χ0) is 30.0. The second-order valence-corrected chi connectivity index (χ2v) is 11.9. The maximum atomic E-state index is 14.7. The number of nitrogens with zero attached hydrogens (tertiary/aromatic N) is 2. The maximum absolute atomic E-state index is 14.7. The fraction of sp³-hybridized carbons (Fsp3) is 0.379. The molecule has 220 valence electrons. The number of hydrogen-bond acceptors (Lipinski definition) is 9. The van der Waals surface area contributed by atoms with Gasteiger partial charge in [0.2, 0.25) is 5.76 Å². The van der Waals surface area contributed by atoms with Crippen molar-refractivity contribution in [3.8, 4) is 0 Å². The summed E-state index contributed by atoms with van der Waals surface area (Å²) < 4.78 is 31.2. The van der Waals surface area contributed by atoms with Crippen LogP contribution in [0.2, 0.25) is 10.0 Å². The number of aliphatic hydroxyl groups is 1. The van der Waals surface area contributed by atoms with Crippen LogP contribution in [0, 0.1) is 5.82 Å². The lowest BCUT2D eigenvalue weighted by Gasteiger charge is -2.41. The second kappa shape index (κ2) is 10.0. The van der Waals surface area contributed by atoms with Crippen LogP contribution in [0.4, 0.5) is 4.39 Å². The predicted molar refractivity (Wildman–Crippen MR) is 144 cm³/mol. The average Bonchev–Trinajstić information content (AvgIpc) is 3.06. The van der Waals surface area contributed by atoms with E-state index in [1.807, 2.05) is 11.9 Å².